The third kappa shape index (κ3) is 3.87. The van der Waals surface area contributed by atoms with Crippen molar-refractivity contribution in [2.75, 3.05) is 0 Å². The molecule has 1 heterocycles. The van der Waals surface area contributed by atoms with Gasteiger partial charge in [0.1, 0.15) is 5.76 Å². The van der Waals surface area contributed by atoms with Crippen LogP contribution in [0.3, 0.4) is 0 Å². The van der Waals surface area contributed by atoms with Crippen molar-refractivity contribution in [1.82, 2.24) is 4.98 Å². The van der Waals surface area contributed by atoms with Gasteiger partial charge in [-0.1, -0.05) is 13.8 Å². The van der Waals surface area contributed by atoms with Gasteiger partial charge in [0, 0.05) is 5.92 Å². The average Bonchev–Trinajstić information content (AvgIpc) is 2.56. The maximum Gasteiger partial charge on any atom is 0.436 e. The third-order valence-electron chi connectivity index (χ3n) is 2.10. The van der Waals surface area contributed by atoms with E-state index in [1.165, 1.54) is 26.0 Å². The first-order valence-electron chi connectivity index (χ1n) is 5.50. The number of aliphatic hydroxyl groups is 1. The van der Waals surface area contributed by atoms with E-state index in [-0.39, 0.29) is 11.7 Å². The minimum Gasteiger partial charge on any atom is -0.441 e. The quantitative estimate of drug-likeness (QED) is 0.906. The molecule has 0 aromatic carbocycles. The summed E-state index contributed by atoms with van der Waals surface area (Å²) in [5.74, 6) is -0.774. The highest BCUT2D eigenvalue weighted by Gasteiger charge is 2.39. The van der Waals surface area contributed by atoms with Crippen LogP contribution in [0, 0.1) is 0 Å². The van der Waals surface area contributed by atoms with E-state index in [0.29, 0.717) is 0 Å². The topological polar surface area (TPSA) is 46.3 Å². The summed E-state index contributed by atoms with van der Waals surface area (Å²) in [5.41, 5.74) is -2.14. The van der Waals surface area contributed by atoms with Gasteiger partial charge in [-0.15, -0.1) is 0 Å². The Balaban J connectivity index is 3.15. The van der Waals surface area contributed by atoms with Gasteiger partial charge in [-0.25, -0.2) is 4.98 Å². The van der Waals surface area contributed by atoms with E-state index in [1.54, 1.807) is 13.8 Å². The van der Waals surface area contributed by atoms with Crippen molar-refractivity contribution in [2.24, 2.45) is 0 Å². The predicted molar refractivity (Wildman–Crippen MR) is 60.9 cm³/mol. The molecule has 1 N–H and O–H groups in total. The zero-order valence-corrected chi connectivity index (χ0v) is 10.7. The number of rotatable bonds is 3. The maximum atomic E-state index is 12.7. The van der Waals surface area contributed by atoms with Gasteiger partial charge in [0.2, 0.25) is 5.89 Å². The molecule has 0 aliphatic rings. The Kier molecular flexibility index (Phi) is 3.90. The molecule has 0 bridgehead atoms. The van der Waals surface area contributed by atoms with Crippen LogP contribution in [0.5, 0.6) is 0 Å². The summed E-state index contributed by atoms with van der Waals surface area (Å²) >= 11 is 0. The zero-order valence-electron chi connectivity index (χ0n) is 10.7. The van der Waals surface area contributed by atoms with E-state index in [0.717, 1.165) is 0 Å². The van der Waals surface area contributed by atoms with Crippen molar-refractivity contribution in [1.29, 1.82) is 0 Å². The molecular weight excluding hydrogens is 247 g/mol. The van der Waals surface area contributed by atoms with Crippen molar-refractivity contribution in [3.05, 3.63) is 23.4 Å². The van der Waals surface area contributed by atoms with Gasteiger partial charge in [-0.05, 0) is 26.0 Å². The van der Waals surface area contributed by atoms with E-state index in [2.05, 4.69) is 4.98 Å². The first-order chi connectivity index (χ1) is 8.00. The second-order valence-corrected chi connectivity index (χ2v) is 4.90. The highest BCUT2D eigenvalue weighted by molar-refractivity contribution is 5.41. The SMILES string of the molecule is CC(C)c1oc(/C=C/C(C)(C)O)nc1C(F)(F)F. The Hall–Kier alpha value is -1.30. The van der Waals surface area contributed by atoms with Crippen LogP contribution >= 0.6 is 0 Å². The van der Waals surface area contributed by atoms with Crippen LogP contribution < -0.4 is 0 Å². The smallest absolute Gasteiger partial charge is 0.436 e. The molecule has 0 amide bonds. The zero-order chi connectivity index (χ0) is 14.1. The van der Waals surface area contributed by atoms with Crippen molar-refractivity contribution in [2.45, 2.75) is 45.4 Å². The Morgan fingerprint density at radius 1 is 1.28 bits per heavy atom. The molecule has 18 heavy (non-hydrogen) atoms. The first-order valence-corrected chi connectivity index (χ1v) is 5.50. The largest absolute Gasteiger partial charge is 0.441 e. The van der Waals surface area contributed by atoms with Gasteiger partial charge in [0.15, 0.2) is 5.69 Å². The first kappa shape index (κ1) is 14.8. The summed E-state index contributed by atoms with van der Waals surface area (Å²) in [5, 5.41) is 9.45. The molecule has 0 unspecified atom stereocenters. The third-order valence-corrected chi connectivity index (χ3v) is 2.10. The second-order valence-electron chi connectivity index (χ2n) is 4.90. The molecule has 0 aliphatic heterocycles. The monoisotopic (exact) mass is 263 g/mol. The molecule has 0 fully saturated rings. The van der Waals surface area contributed by atoms with Crippen LogP contribution in [0.2, 0.25) is 0 Å². The number of hydrogen-bond acceptors (Lipinski definition) is 3. The summed E-state index contributed by atoms with van der Waals surface area (Å²) < 4.78 is 43.2. The van der Waals surface area contributed by atoms with E-state index >= 15 is 0 Å². The van der Waals surface area contributed by atoms with E-state index in [1.807, 2.05) is 0 Å². The molecule has 0 spiro atoms. The second kappa shape index (κ2) is 4.76. The van der Waals surface area contributed by atoms with Gasteiger partial charge in [-0.3, -0.25) is 0 Å². The molecule has 0 saturated heterocycles. The summed E-state index contributed by atoms with van der Waals surface area (Å²) in [6.07, 6.45) is -1.98. The minimum atomic E-state index is -4.54. The number of hydrogen-bond donors (Lipinski definition) is 1. The van der Waals surface area contributed by atoms with E-state index in [4.69, 9.17) is 4.42 Å². The number of oxazole rings is 1. The predicted octanol–water partition coefficient (Wildman–Crippen LogP) is 3.60. The van der Waals surface area contributed by atoms with Crippen LogP contribution in [0.1, 0.15) is 51.0 Å². The maximum absolute atomic E-state index is 12.7. The van der Waals surface area contributed by atoms with Gasteiger partial charge >= 0.3 is 6.18 Å². The molecule has 1 aromatic rings. The fraction of sp³-hybridized carbons (Fsp3) is 0.583. The lowest BCUT2D eigenvalue weighted by Gasteiger charge is -2.08. The summed E-state index contributed by atoms with van der Waals surface area (Å²) in [4.78, 5) is 3.42. The minimum absolute atomic E-state index is 0.159. The van der Waals surface area contributed by atoms with Crippen LogP contribution in [-0.4, -0.2) is 15.7 Å². The molecular formula is C12H16F3NO2. The van der Waals surface area contributed by atoms with Crippen molar-refractivity contribution in [3.63, 3.8) is 0 Å². The van der Waals surface area contributed by atoms with Crippen LogP contribution in [0.15, 0.2) is 10.5 Å². The Morgan fingerprint density at radius 2 is 1.83 bits per heavy atom. The molecule has 1 aromatic heterocycles. The van der Waals surface area contributed by atoms with Crippen molar-refractivity contribution in [3.8, 4) is 0 Å². The fourth-order valence-electron chi connectivity index (χ4n) is 1.29. The standard InChI is InChI=1S/C12H16F3NO2/c1-7(2)9-10(12(13,14)15)16-8(18-9)5-6-11(3,4)17/h5-7,17H,1-4H3/b6-5+. The lowest BCUT2D eigenvalue weighted by atomic mass is 10.1. The molecule has 0 radical (unpaired) electrons. The van der Waals surface area contributed by atoms with Gasteiger partial charge in [-0.2, -0.15) is 13.2 Å². The average molecular weight is 263 g/mol. The molecule has 0 aliphatic carbocycles. The summed E-state index contributed by atoms with van der Waals surface area (Å²) in [7, 11) is 0. The van der Waals surface area contributed by atoms with Crippen molar-refractivity contribution >= 4 is 6.08 Å². The fourth-order valence-corrected chi connectivity index (χ4v) is 1.29. The lowest BCUT2D eigenvalue weighted by molar-refractivity contribution is -0.142. The molecule has 3 nitrogen and oxygen atoms in total. The highest BCUT2D eigenvalue weighted by Crippen LogP contribution is 2.35. The van der Waals surface area contributed by atoms with Crippen LogP contribution in [0.25, 0.3) is 6.08 Å². The Labute approximate surface area is 103 Å². The molecule has 1 rings (SSSR count). The number of aromatic nitrogens is 1. The molecule has 0 atom stereocenters. The highest BCUT2D eigenvalue weighted by atomic mass is 19.4. The number of alkyl halides is 3. The Bertz CT molecular complexity index is 439. The van der Waals surface area contributed by atoms with Crippen LogP contribution in [0.4, 0.5) is 13.2 Å². The Morgan fingerprint density at radius 3 is 2.17 bits per heavy atom. The molecule has 102 valence electrons. The van der Waals surface area contributed by atoms with Crippen molar-refractivity contribution < 1.29 is 22.7 Å². The number of halogens is 3. The lowest BCUT2D eigenvalue weighted by Crippen LogP contribution is -2.13. The normalized spacial score (nSPS) is 13.8. The van der Waals surface area contributed by atoms with Gasteiger partial charge in [0.25, 0.3) is 0 Å². The summed E-state index contributed by atoms with van der Waals surface area (Å²) in [6.45, 7) is 6.19. The van der Waals surface area contributed by atoms with E-state index in [9.17, 15) is 18.3 Å². The van der Waals surface area contributed by atoms with Crippen LogP contribution in [-0.2, 0) is 6.18 Å². The molecule has 0 saturated carbocycles. The molecule has 6 heteroatoms. The van der Waals surface area contributed by atoms with Gasteiger partial charge in [0.05, 0.1) is 5.60 Å². The van der Waals surface area contributed by atoms with E-state index < -0.39 is 23.4 Å². The number of nitrogens with zero attached hydrogens (tertiary/aromatic N) is 1. The summed E-state index contributed by atoms with van der Waals surface area (Å²) in [6, 6.07) is 0. The van der Waals surface area contributed by atoms with Gasteiger partial charge < -0.3 is 9.52 Å².